The third-order valence-electron chi connectivity index (χ3n) is 5.95. The van der Waals surface area contributed by atoms with Crippen LogP contribution >= 0.6 is 11.3 Å². The van der Waals surface area contributed by atoms with Crippen molar-refractivity contribution in [3.05, 3.63) is 46.0 Å². The van der Waals surface area contributed by atoms with E-state index in [4.69, 9.17) is 0 Å². The highest BCUT2D eigenvalue weighted by atomic mass is 32.2. The summed E-state index contributed by atoms with van der Waals surface area (Å²) in [6.45, 7) is 1.91. The summed E-state index contributed by atoms with van der Waals surface area (Å²) in [5, 5.41) is 3.64. The molecule has 0 saturated heterocycles. The molecule has 0 aliphatic heterocycles. The second-order valence-electron chi connectivity index (χ2n) is 8.43. The molecule has 1 amide bonds. The first kappa shape index (κ1) is 22.6. The number of hydrogen-bond acceptors (Lipinski definition) is 7. The van der Waals surface area contributed by atoms with E-state index in [9.17, 15) is 18.0 Å². The molecule has 2 aromatic heterocycles. The highest BCUT2D eigenvalue weighted by Gasteiger charge is 2.28. The molecule has 3 aromatic rings. The van der Waals surface area contributed by atoms with E-state index in [1.54, 1.807) is 6.20 Å². The van der Waals surface area contributed by atoms with Crippen LogP contribution in [0.1, 0.15) is 49.4 Å². The monoisotopic (exact) mass is 474 g/mol. The summed E-state index contributed by atoms with van der Waals surface area (Å²) in [6, 6.07) is 3.54. The maximum absolute atomic E-state index is 13.3. The molecule has 1 N–H and O–H groups in total. The molecule has 1 fully saturated rings. The molecule has 0 bridgehead atoms. The third kappa shape index (κ3) is 4.91. The average Bonchev–Trinajstić information content (AvgIpc) is 3.17. The number of fused-ring (bicyclic) bond motifs is 1. The molecular formula is C22H26N4O4S2. The van der Waals surface area contributed by atoms with Crippen LogP contribution in [0.5, 0.6) is 0 Å². The summed E-state index contributed by atoms with van der Waals surface area (Å²) < 4.78 is 25.1. The van der Waals surface area contributed by atoms with Crippen LogP contribution in [0.4, 0.5) is 5.13 Å². The summed E-state index contributed by atoms with van der Waals surface area (Å²) in [4.78, 5) is 36.2. The number of nitrogens with zero attached hydrogens (tertiary/aromatic N) is 3. The second-order valence-corrected chi connectivity index (χ2v) is 11.7. The Morgan fingerprint density at radius 1 is 1.25 bits per heavy atom. The topological polar surface area (TPSA) is 111 Å². The molecule has 1 saturated carbocycles. The molecular weight excluding hydrogens is 448 g/mol. The molecule has 4 rings (SSSR count). The zero-order chi connectivity index (χ0) is 22.9. The number of amides is 1. The first-order valence-electron chi connectivity index (χ1n) is 10.7. The van der Waals surface area contributed by atoms with Gasteiger partial charge in [-0.3, -0.25) is 14.2 Å². The van der Waals surface area contributed by atoms with Gasteiger partial charge in [0, 0.05) is 17.3 Å². The summed E-state index contributed by atoms with van der Waals surface area (Å²) in [6.07, 6.45) is 10.2. The van der Waals surface area contributed by atoms with Crippen molar-refractivity contribution in [2.24, 2.45) is 5.92 Å². The number of nitrogens with one attached hydrogen (secondary N) is 1. The van der Waals surface area contributed by atoms with Crippen molar-refractivity contribution in [2.75, 3.05) is 11.6 Å². The Bertz CT molecular complexity index is 1310. The quantitative estimate of drug-likeness (QED) is 0.583. The second kappa shape index (κ2) is 9.11. The van der Waals surface area contributed by atoms with Crippen molar-refractivity contribution in [1.82, 2.24) is 14.5 Å². The van der Waals surface area contributed by atoms with E-state index in [1.165, 1.54) is 46.9 Å². The molecule has 0 radical (unpaired) electrons. The van der Waals surface area contributed by atoms with Crippen molar-refractivity contribution in [1.29, 1.82) is 0 Å². The largest absolute Gasteiger partial charge is 0.300 e. The highest BCUT2D eigenvalue weighted by molar-refractivity contribution is 7.90. The van der Waals surface area contributed by atoms with Gasteiger partial charge >= 0.3 is 0 Å². The van der Waals surface area contributed by atoms with Crippen molar-refractivity contribution in [3.63, 3.8) is 0 Å². The van der Waals surface area contributed by atoms with E-state index in [1.807, 2.05) is 6.92 Å². The number of benzene rings is 1. The fourth-order valence-electron chi connectivity index (χ4n) is 4.25. The molecule has 1 atom stereocenters. The lowest BCUT2D eigenvalue weighted by atomic mass is 9.84. The van der Waals surface area contributed by atoms with E-state index in [-0.39, 0.29) is 21.7 Å². The van der Waals surface area contributed by atoms with Gasteiger partial charge in [0.25, 0.3) is 5.56 Å². The Labute approximate surface area is 190 Å². The number of anilines is 1. The molecule has 1 aliphatic rings. The number of sulfone groups is 1. The van der Waals surface area contributed by atoms with E-state index >= 15 is 0 Å². The first-order chi connectivity index (χ1) is 15.2. The van der Waals surface area contributed by atoms with Crippen molar-refractivity contribution in [3.8, 4) is 0 Å². The highest BCUT2D eigenvalue weighted by Crippen LogP contribution is 2.31. The number of carbonyl (C=O) groups is 1. The lowest BCUT2D eigenvalue weighted by Gasteiger charge is -2.27. The molecule has 1 aromatic carbocycles. The Morgan fingerprint density at radius 2 is 2.00 bits per heavy atom. The Balaban J connectivity index is 1.72. The minimum absolute atomic E-state index is 0.102. The summed E-state index contributed by atoms with van der Waals surface area (Å²) in [5.74, 6) is 0.0636. The van der Waals surface area contributed by atoms with Gasteiger partial charge in [-0.1, -0.05) is 32.1 Å². The van der Waals surface area contributed by atoms with E-state index < -0.39 is 15.9 Å². The molecule has 1 unspecified atom stereocenters. The number of carbonyl (C=O) groups excluding carboxylic acids is 1. The van der Waals surface area contributed by atoms with Crippen LogP contribution in [0, 0.1) is 12.8 Å². The molecule has 1 aliphatic carbocycles. The molecule has 8 nitrogen and oxygen atoms in total. The lowest BCUT2D eigenvalue weighted by Crippen LogP contribution is -2.35. The van der Waals surface area contributed by atoms with Crippen LogP contribution in [-0.2, 0) is 14.6 Å². The van der Waals surface area contributed by atoms with Crippen LogP contribution < -0.4 is 10.9 Å². The Hall–Kier alpha value is -2.59. The number of aryl methyl sites for hydroxylation is 1. The van der Waals surface area contributed by atoms with E-state index in [0.717, 1.165) is 36.8 Å². The number of aromatic nitrogens is 3. The molecule has 170 valence electrons. The molecule has 10 heteroatoms. The van der Waals surface area contributed by atoms with Crippen molar-refractivity contribution >= 4 is 43.1 Å². The standard InChI is InChI=1S/C22H26N4O4S2/c1-14-12-23-22(31-14)25-20(27)19(10-15-6-4-3-5-7-15)26-13-24-18-11-16(32(2,29)30)8-9-17(18)21(26)28/h8-9,11-13,15,19H,3-7,10H2,1-2H3,(H,23,25,27). The maximum Gasteiger partial charge on any atom is 0.261 e. The zero-order valence-electron chi connectivity index (χ0n) is 18.1. The zero-order valence-corrected chi connectivity index (χ0v) is 19.7. The van der Waals surface area contributed by atoms with E-state index in [0.29, 0.717) is 23.0 Å². The summed E-state index contributed by atoms with van der Waals surface area (Å²) in [5.41, 5.74) is -0.0668. The van der Waals surface area contributed by atoms with Crippen LogP contribution in [0.25, 0.3) is 10.9 Å². The number of hydrogen-bond donors (Lipinski definition) is 1. The predicted molar refractivity (Wildman–Crippen MR) is 125 cm³/mol. The van der Waals surface area contributed by atoms with Gasteiger partial charge < -0.3 is 5.32 Å². The van der Waals surface area contributed by atoms with E-state index in [2.05, 4.69) is 15.3 Å². The average molecular weight is 475 g/mol. The number of rotatable bonds is 6. The summed E-state index contributed by atoms with van der Waals surface area (Å²) >= 11 is 1.38. The smallest absolute Gasteiger partial charge is 0.261 e. The van der Waals surface area contributed by atoms with Gasteiger partial charge in [-0.05, 0) is 37.5 Å². The maximum atomic E-state index is 13.3. The first-order valence-corrected chi connectivity index (χ1v) is 13.4. The fraction of sp³-hybridized carbons (Fsp3) is 0.455. The summed E-state index contributed by atoms with van der Waals surface area (Å²) in [7, 11) is -3.42. The normalized spacial score (nSPS) is 16.2. The van der Waals surface area contributed by atoms with Crippen molar-refractivity contribution in [2.45, 2.75) is 56.4 Å². The van der Waals surface area contributed by atoms with Gasteiger partial charge in [0.05, 0.1) is 22.1 Å². The van der Waals surface area contributed by atoms with Gasteiger partial charge in [-0.2, -0.15) is 0 Å². The predicted octanol–water partition coefficient (Wildman–Crippen LogP) is 3.72. The fourth-order valence-corrected chi connectivity index (χ4v) is 5.56. The Kier molecular flexibility index (Phi) is 6.43. The molecule has 2 heterocycles. The number of thiazole rings is 1. The van der Waals surface area contributed by atoms with Gasteiger partial charge in [0.15, 0.2) is 15.0 Å². The van der Waals surface area contributed by atoms with Gasteiger partial charge in [-0.15, -0.1) is 11.3 Å². The minimum Gasteiger partial charge on any atom is -0.300 e. The van der Waals surface area contributed by atoms with Crippen LogP contribution in [-0.4, -0.2) is 35.1 Å². The third-order valence-corrected chi connectivity index (χ3v) is 7.89. The van der Waals surface area contributed by atoms with Crippen LogP contribution in [0.15, 0.2) is 40.4 Å². The minimum atomic E-state index is -3.42. The van der Waals surface area contributed by atoms with Gasteiger partial charge in [0.1, 0.15) is 6.04 Å². The van der Waals surface area contributed by atoms with Crippen LogP contribution in [0.3, 0.4) is 0 Å². The van der Waals surface area contributed by atoms with Gasteiger partial charge in [0.2, 0.25) is 5.91 Å². The van der Waals surface area contributed by atoms with Crippen LogP contribution in [0.2, 0.25) is 0 Å². The lowest BCUT2D eigenvalue weighted by molar-refractivity contribution is -0.120. The molecule has 0 spiro atoms. The van der Waals surface area contributed by atoms with Crippen molar-refractivity contribution < 1.29 is 13.2 Å². The Morgan fingerprint density at radius 3 is 2.66 bits per heavy atom. The van der Waals surface area contributed by atoms with Gasteiger partial charge in [-0.25, -0.2) is 18.4 Å². The molecule has 32 heavy (non-hydrogen) atoms. The SMILES string of the molecule is Cc1cnc(NC(=O)C(CC2CCCCC2)n2cnc3cc(S(C)(=O)=O)ccc3c2=O)s1.